The number of benzene rings is 3. The Balaban J connectivity index is 1.26. The second kappa shape index (κ2) is 11.4. The molecular formula is C48H58N2O5. The van der Waals surface area contributed by atoms with Crippen LogP contribution in [0.25, 0.3) is 5.57 Å². The third-order valence-corrected chi connectivity index (χ3v) is 16.6. The molecule has 3 aromatic rings. The molecule has 7 heteroatoms. The lowest BCUT2D eigenvalue weighted by Crippen LogP contribution is -2.81. The molecular weight excluding hydrogens is 685 g/mol. The summed E-state index contributed by atoms with van der Waals surface area (Å²) >= 11 is 0. The molecule has 0 radical (unpaired) electrons. The quantitative estimate of drug-likeness (QED) is 0.231. The Labute approximate surface area is 327 Å². The lowest BCUT2D eigenvalue weighted by Gasteiger charge is -2.74. The van der Waals surface area contributed by atoms with Gasteiger partial charge in [0.25, 0.3) is 0 Å². The molecule has 8 aliphatic rings. The molecule has 2 aliphatic carbocycles. The molecule has 1 spiro atoms. The van der Waals surface area contributed by atoms with E-state index in [9.17, 15) is 0 Å². The zero-order valence-corrected chi connectivity index (χ0v) is 34.8. The Morgan fingerprint density at radius 1 is 0.891 bits per heavy atom. The summed E-state index contributed by atoms with van der Waals surface area (Å²) in [6.07, 6.45) is 6.22. The number of methoxy groups -OCH3 is 1. The number of carbonyl (C=O) groups is 1. The number of hydrogen-bond acceptors (Lipinski definition) is 7. The number of carbonyl (C=O) groups excluding carboxylic acids is 1. The van der Waals surface area contributed by atoms with Gasteiger partial charge >= 0.3 is 5.97 Å². The molecule has 0 amide bonds. The summed E-state index contributed by atoms with van der Waals surface area (Å²) in [5.74, 6) is 2.73. The normalized spacial score (nSPS) is 34.5. The van der Waals surface area contributed by atoms with Crippen LogP contribution in [0.2, 0.25) is 0 Å². The predicted octanol–water partition coefficient (Wildman–Crippen LogP) is 9.25. The van der Waals surface area contributed by atoms with Crippen LogP contribution in [0.4, 0.5) is 0 Å². The average molecular weight is 743 g/mol. The number of piperazine rings is 1. The van der Waals surface area contributed by atoms with E-state index in [1.54, 1.807) is 0 Å². The van der Waals surface area contributed by atoms with Gasteiger partial charge in [0.2, 0.25) is 6.79 Å². The zero-order chi connectivity index (χ0) is 38.7. The first-order valence-electron chi connectivity index (χ1n) is 20.8. The topological polar surface area (TPSA) is 60.5 Å². The van der Waals surface area contributed by atoms with Gasteiger partial charge in [-0.2, -0.15) is 0 Å². The highest BCUT2D eigenvalue weighted by molar-refractivity contribution is 5.89. The Bertz CT molecular complexity index is 2270. The van der Waals surface area contributed by atoms with Crippen LogP contribution in [0.3, 0.4) is 0 Å². The van der Waals surface area contributed by atoms with Crippen molar-refractivity contribution in [3.05, 3.63) is 91.0 Å². The SMILES string of the molecule is COc1c(C)cc2c(c1C)[C@H]1N(C)[C@@](C)(C2)C(C)N2C1(C)[C@@H]1CCC3(CCCC4=C3Cc3ccc(C)cc34)C(=O)OC[C@@]2(C)c2c3c(c(C)c(C)c21)OCO3. The molecule has 4 bridgehead atoms. The Morgan fingerprint density at radius 2 is 1.65 bits per heavy atom. The highest BCUT2D eigenvalue weighted by Gasteiger charge is 2.70. The first kappa shape index (κ1) is 35.6. The van der Waals surface area contributed by atoms with E-state index in [4.69, 9.17) is 18.9 Å². The maximum Gasteiger partial charge on any atom is 0.316 e. The van der Waals surface area contributed by atoms with E-state index in [1.807, 2.05) is 7.11 Å². The van der Waals surface area contributed by atoms with Crippen molar-refractivity contribution in [3.63, 3.8) is 0 Å². The summed E-state index contributed by atoms with van der Waals surface area (Å²) in [7, 11) is 4.19. The van der Waals surface area contributed by atoms with E-state index in [0.29, 0.717) is 0 Å². The number of aryl methyl sites for hydroxylation is 2. The van der Waals surface area contributed by atoms with E-state index in [1.165, 1.54) is 61.2 Å². The molecule has 290 valence electrons. The van der Waals surface area contributed by atoms with Crippen LogP contribution in [0.5, 0.6) is 17.2 Å². The molecule has 0 saturated carbocycles. The minimum absolute atomic E-state index is 0.0338. The number of hydrogen-bond donors (Lipinski definition) is 0. The van der Waals surface area contributed by atoms with Crippen molar-refractivity contribution >= 4 is 11.5 Å². The van der Waals surface area contributed by atoms with Gasteiger partial charge in [0, 0.05) is 28.6 Å². The van der Waals surface area contributed by atoms with Crippen LogP contribution in [-0.2, 0) is 27.9 Å². The molecule has 7 nitrogen and oxygen atoms in total. The highest BCUT2D eigenvalue weighted by atomic mass is 16.7. The molecule has 2 saturated heterocycles. The van der Waals surface area contributed by atoms with E-state index in [-0.39, 0.29) is 42.9 Å². The second-order valence-corrected chi connectivity index (χ2v) is 19.0. The molecule has 7 atom stereocenters. The van der Waals surface area contributed by atoms with Gasteiger partial charge in [-0.25, -0.2) is 0 Å². The number of likely N-dealkylation sites (N-methyl/N-ethyl adjacent to an activating group) is 1. The Hall–Kier alpha value is -3.81. The molecule has 0 aromatic heterocycles. The number of fused-ring (bicyclic) bond motifs is 10. The van der Waals surface area contributed by atoms with Crippen molar-refractivity contribution in [2.24, 2.45) is 5.41 Å². The fourth-order valence-corrected chi connectivity index (χ4v) is 13.9. The van der Waals surface area contributed by atoms with Crippen LogP contribution >= 0.6 is 0 Å². The minimum atomic E-state index is -0.701. The molecule has 3 aromatic carbocycles. The van der Waals surface area contributed by atoms with Crippen LogP contribution in [0.1, 0.15) is 133 Å². The molecule has 6 heterocycles. The van der Waals surface area contributed by atoms with Gasteiger partial charge in [0.15, 0.2) is 11.5 Å². The van der Waals surface area contributed by atoms with Crippen molar-refractivity contribution in [2.45, 2.75) is 142 Å². The minimum Gasteiger partial charge on any atom is -0.496 e. The fraction of sp³-hybridized carbons (Fsp3) is 0.562. The van der Waals surface area contributed by atoms with E-state index < -0.39 is 16.5 Å². The molecule has 55 heavy (non-hydrogen) atoms. The number of nitrogens with zero attached hydrogens (tertiary/aromatic N) is 2. The summed E-state index contributed by atoms with van der Waals surface area (Å²) in [6, 6.07) is 9.46. The molecule has 0 N–H and O–H groups in total. The lowest BCUT2D eigenvalue weighted by atomic mass is 9.53. The largest absolute Gasteiger partial charge is 0.496 e. The Kier molecular flexibility index (Phi) is 7.38. The van der Waals surface area contributed by atoms with Gasteiger partial charge in [-0.1, -0.05) is 29.8 Å². The van der Waals surface area contributed by atoms with Gasteiger partial charge in [-0.15, -0.1) is 0 Å². The smallest absolute Gasteiger partial charge is 0.316 e. The van der Waals surface area contributed by atoms with Crippen molar-refractivity contribution in [1.29, 1.82) is 0 Å². The van der Waals surface area contributed by atoms with E-state index in [0.717, 1.165) is 73.3 Å². The number of ether oxygens (including phenoxy) is 4. The van der Waals surface area contributed by atoms with Crippen LogP contribution < -0.4 is 14.2 Å². The summed E-state index contributed by atoms with van der Waals surface area (Å²) in [4.78, 5) is 20.8. The number of rotatable bonds is 1. The average Bonchev–Trinajstić information content (AvgIpc) is 3.78. The fourth-order valence-electron chi connectivity index (χ4n) is 13.9. The number of esters is 1. The summed E-state index contributed by atoms with van der Waals surface area (Å²) in [6.45, 7) is 21.4. The van der Waals surface area contributed by atoms with E-state index in [2.05, 4.69) is 103 Å². The van der Waals surface area contributed by atoms with Gasteiger partial charge in [-0.3, -0.25) is 14.6 Å². The lowest BCUT2D eigenvalue weighted by molar-refractivity contribution is -0.221. The van der Waals surface area contributed by atoms with Crippen LogP contribution in [0, 0.1) is 40.0 Å². The van der Waals surface area contributed by atoms with Crippen LogP contribution in [-0.4, -0.2) is 60.4 Å². The zero-order valence-electron chi connectivity index (χ0n) is 34.8. The van der Waals surface area contributed by atoms with Gasteiger partial charge in [0.05, 0.1) is 24.1 Å². The predicted molar refractivity (Wildman–Crippen MR) is 215 cm³/mol. The molecule has 11 rings (SSSR count). The van der Waals surface area contributed by atoms with Gasteiger partial charge in [-0.05, 0) is 176 Å². The monoisotopic (exact) mass is 742 g/mol. The van der Waals surface area contributed by atoms with Crippen molar-refractivity contribution < 1.29 is 23.7 Å². The third kappa shape index (κ3) is 4.17. The summed E-state index contributed by atoms with van der Waals surface area (Å²) in [5.41, 5.74) is 15.0. The standard InChI is InChI=1S/C48H58N2O5/c1-25-14-15-31-21-36-33(34(31)19-25)13-12-17-48(36)18-16-35-38-27(3)28(4)41-42(55-24-54-41)39(38)46(8,23-53-44(48)51)50-30(6)45(7)22-32-20-26(2)40(52-11)29(5)37(32)43(49(45)10)47(35,50)9/h14-15,19-20,30,35,43H,12-13,16-18,21-24H2,1-11H3/t30?,35-,43-,45+,46+,47?,48?/m1/s1. The summed E-state index contributed by atoms with van der Waals surface area (Å²) in [5, 5.41) is 0. The van der Waals surface area contributed by atoms with Crippen LogP contribution in [0.15, 0.2) is 29.8 Å². The summed E-state index contributed by atoms with van der Waals surface area (Å²) < 4.78 is 26.0. The van der Waals surface area contributed by atoms with Crippen molar-refractivity contribution in [2.75, 3.05) is 27.6 Å². The van der Waals surface area contributed by atoms with E-state index >= 15 is 4.79 Å². The molecule has 6 aliphatic heterocycles. The first-order valence-corrected chi connectivity index (χ1v) is 20.8. The molecule has 2 fully saturated rings. The maximum absolute atomic E-state index is 15.2. The van der Waals surface area contributed by atoms with Gasteiger partial charge in [0.1, 0.15) is 12.4 Å². The van der Waals surface area contributed by atoms with Crippen molar-refractivity contribution in [3.8, 4) is 17.2 Å². The maximum atomic E-state index is 15.2. The number of allylic oxidation sites excluding steroid dienone is 1. The molecule has 3 unspecified atom stereocenters. The van der Waals surface area contributed by atoms with Crippen molar-refractivity contribution in [1.82, 2.24) is 9.80 Å². The first-order chi connectivity index (χ1) is 26.1. The highest BCUT2D eigenvalue weighted by Crippen LogP contribution is 2.69. The second-order valence-electron chi connectivity index (χ2n) is 19.0. The van der Waals surface area contributed by atoms with Gasteiger partial charge < -0.3 is 18.9 Å². The Morgan fingerprint density at radius 3 is 2.42 bits per heavy atom. The third-order valence-electron chi connectivity index (χ3n) is 16.6.